The Bertz CT molecular complexity index is 634. The molecule has 0 radical (unpaired) electrons. The summed E-state index contributed by atoms with van der Waals surface area (Å²) in [6.07, 6.45) is 1.36. The molecule has 0 bridgehead atoms. The molecule has 1 atom stereocenters. The number of hydrogen-bond acceptors (Lipinski definition) is 4. The van der Waals surface area contributed by atoms with E-state index in [0.717, 1.165) is 39.0 Å². The largest absolute Gasteiger partial charge is 0.491 e. The van der Waals surface area contributed by atoms with Crippen molar-refractivity contribution in [2.24, 2.45) is 4.99 Å². The predicted octanol–water partition coefficient (Wildman–Crippen LogP) is 2.78. The van der Waals surface area contributed by atoms with Crippen LogP contribution in [0.15, 0.2) is 41.4 Å². The third kappa shape index (κ3) is 10.3. The second-order valence-electron chi connectivity index (χ2n) is 7.29. The Kier molecular flexibility index (Phi) is 12.2. The van der Waals surface area contributed by atoms with Gasteiger partial charge in [-0.15, -0.1) is 24.0 Å². The maximum Gasteiger partial charge on any atom is 0.191 e. The minimum Gasteiger partial charge on any atom is -0.491 e. The number of guanidine groups is 1. The number of nitrogens with zero attached hydrogens (tertiary/aromatic N) is 2. The van der Waals surface area contributed by atoms with Gasteiger partial charge in [0.25, 0.3) is 0 Å². The summed E-state index contributed by atoms with van der Waals surface area (Å²) < 4.78 is 18.4. The average Bonchev–Trinajstić information content (AvgIpc) is 2.67. The van der Waals surface area contributed by atoms with Gasteiger partial charge in [0.05, 0.1) is 6.54 Å². The van der Waals surface area contributed by atoms with E-state index in [-0.39, 0.29) is 42.9 Å². The first-order valence-corrected chi connectivity index (χ1v) is 9.94. The molecule has 6 nitrogen and oxygen atoms in total. The fourth-order valence-electron chi connectivity index (χ4n) is 3.10. The molecule has 3 N–H and O–H groups in total. The van der Waals surface area contributed by atoms with Gasteiger partial charge < -0.3 is 20.5 Å². The molecule has 2 rings (SSSR count). The van der Waals surface area contributed by atoms with Crippen molar-refractivity contribution in [3.63, 3.8) is 0 Å². The van der Waals surface area contributed by atoms with Gasteiger partial charge >= 0.3 is 0 Å². The third-order valence-corrected chi connectivity index (χ3v) is 4.48. The van der Waals surface area contributed by atoms with Gasteiger partial charge in [-0.2, -0.15) is 0 Å². The highest BCUT2D eigenvalue weighted by Crippen LogP contribution is 2.12. The fourth-order valence-corrected chi connectivity index (χ4v) is 3.10. The lowest BCUT2D eigenvalue weighted by Crippen LogP contribution is -2.49. The van der Waals surface area contributed by atoms with Crippen molar-refractivity contribution in [1.29, 1.82) is 0 Å². The third-order valence-electron chi connectivity index (χ3n) is 4.48. The summed E-state index contributed by atoms with van der Waals surface area (Å²) in [6, 6.07) is 6.10. The van der Waals surface area contributed by atoms with Gasteiger partial charge in [0.15, 0.2) is 5.96 Å². The van der Waals surface area contributed by atoms with E-state index in [1.54, 1.807) is 0 Å². The molecule has 0 spiro atoms. The van der Waals surface area contributed by atoms with E-state index < -0.39 is 6.10 Å². The Morgan fingerprint density at radius 2 is 2.00 bits per heavy atom. The quantitative estimate of drug-likeness (QED) is 0.202. The Labute approximate surface area is 190 Å². The van der Waals surface area contributed by atoms with Crippen LogP contribution in [0.25, 0.3) is 0 Å². The number of ether oxygens (including phenoxy) is 1. The number of benzene rings is 1. The van der Waals surface area contributed by atoms with Crippen LogP contribution in [-0.4, -0.2) is 67.4 Å². The van der Waals surface area contributed by atoms with Crippen LogP contribution in [0, 0.1) is 5.82 Å². The maximum absolute atomic E-state index is 12.9. The first-order valence-electron chi connectivity index (χ1n) is 9.94. The molecule has 1 heterocycles. The summed E-state index contributed by atoms with van der Waals surface area (Å²) in [7, 11) is 0. The van der Waals surface area contributed by atoms with E-state index in [9.17, 15) is 9.50 Å². The molecule has 1 aliphatic rings. The summed E-state index contributed by atoms with van der Waals surface area (Å²) in [4.78, 5) is 6.90. The lowest BCUT2D eigenvalue weighted by molar-refractivity contribution is 0.114. The van der Waals surface area contributed by atoms with E-state index in [1.165, 1.54) is 29.8 Å². The number of hydrogen-bond donors (Lipinski definition) is 3. The van der Waals surface area contributed by atoms with E-state index >= 15 is 0 Å². The Balaban J connectivity index is 0.00000420. The summed E-state index contributed by atoms with van der Waals surface area (Å²) >= 11 is 0. The van der Waals surface area contributed by atoms with Crippen molar-refractivity contribution in [3.05, 3.63) is 42.2 Å². The minimum absolute atomic E-state index is 0. The highest BCUT2D eigenvalue weighted by molar-refractivity contribution is 14.0. The summed E-state index contributed by atoms with van der Waals surface area (Å²) in [5.41, 5.74) is 1.19. The lowest BCUT2D eigenvalue weighted by atomic mass is 10.0. The molecule has 0 saturated carbocycles. The SMILES string of the molecule is C=C(C)CN1CCC(NC(=NCC(O)COc2ccc(F)cc2)NCC)CC1.I. The van der Waals surface area contributed by atoms with Gasteiger partial charge in [0, 0.05) is 32.2 Å². The molecule has 1 aromatic carbocycles. The van der Waals surface area contributed by atoms with Crippen LogP contribution >= 0.6 is 24.0 Å². The van der Waals surface area contributed by atoms with Gasteiger partial charge in [-0.25, -0.2) is 4.39 Å². The Hall–Kier alpha value is -1.39. The Morgan fingerprint density at radius 1 is 1.34 bits per heavy atom. The molecule has 164 valence electrons. The number of aliphatic hydroxyl groups is 1. The van der Waals surface area contributed by atoms with Crippen LogP contribution < -0.4 is 15.4 Å². The zero-order valence-corrected chi connectivity index (χ0v) is 19.7. The maximum atomic E-state index is 12.9. The average molecular weight is 520 g/mol. The number of nitrogens with one attached hydrogen (secondary N) is 2. The molecule has 0 amide bonds. The van der Waals surface area contributed by atoms with Gasteiger partial charge in [-0.3, -0.25) is 9.89 Å². The molecule has 0 aromatic heterocycles. The standard InChI is InChI=1S/C21H33FN4O2.HI/c1-4-23-21(25-18-9-11-26(12-10-18)14-16(2)3)24-13-19(27)15-28-20-7-5-17(22)6-8-20;/h5-8,18-19,27H,2,4,9-15H2,1,3H3,(H2,23,24,25);1H. The molecule has 1 aliphatic heterocycles. The van der Waals surface area contributed by atoms with Crippen molar-refractivity contribution in [2.75, 3.05) is 39.3 Å². The highest BCUT2D eigenvalue weighted by Gasteiger charge is 2.19. The zero-order valence-electron chi connectivity index (χ0n) is 17.4. The van der Waals surface area contributed by atoms with Crippen molar-refractivity contribution in [1.82, 2.24) is 15.5 Å². The van der Waals surface area contributed by atoms with Crippen LogP contribution in [0.4, 0.5) is 4.39 Å². The molecule has 1 saturated heterocycles. The smallest absolute Gasteiger partial charge is 0.191 e. The van der Waals surface area contributed by atoms with Crippen LogP contribution in [0.2, 0.25) is 0 Å². The molecule has 1 fully saturated rings. The highest BCUT2D eigenvalue weighted by atomic mass is 127. The van der Waals surface area contributed by atoms with Crippen LogP contribution in [0.5, 0.6) is 5.75 Å². The minimum atomic E-state index is -0.738. The number of aliphatic hydroxyl groups excluding tert-OH is 1. The molecular weight excluding hydrogens is 486 g/mol. The van der Waals surface area contributed by atoms with E-state index in [2.05, 4.69) is 34.0 Å². The van der Waals surface area contributed by atoms with Crippen LogP contribution in [-0.2, 0) is 0 Å². The second-order valence-corrected chi connectivity index (χ2v) is 7.29. The van der Waals surface area contributed by atoms with Crippen molar-refractivity contribution < 1.29 is 14.2 Å². The summed E-state index contributed by atoms with van der Waals surface area (Å²) in [5, 5.41) is 16.8. The van der Waals surface area contributed by atoms with Crippen molar-refractivity contribution >= 4 is 29.9 Å². The molecule has 0 aliphatic carbocycles. The topological polar surface area (TPSA) is 69.1 Å². The fraction of sp³-hybridized carbons (Fsp3) is 0.571. The molecule has 1 aromatic rings. The molecule has 8 heteroatoms. The Morgan fingerprint density at radius 3 is 2.59 bits per heavy atom. The lowest BCUT2D eigenvalue weighted by Gasteiger charge is -2.33. The van der Waals surface area contributed by atoms with E-state index in [0.29, 0.717) is 17.8 Å². The van der Waals surface area contributed by atoms with Crippen LogP contribution in [0.1, 0.15) is 26.7 Å². The second kappa shape index (κ2) is 13.8. The predicted molar refractivity (Wildman–Crippen MR) is 127 cm³/mol. The van der Waals surface area contributed by atoms with Crippen LogP contribution in [0.3, 0.4) is 0 Å². The number of halogens is 2. The normalized spacial score (nSPS) is 16.6. The first kappa shape index (κ1) is 25.6. The first-order chi connectivity index (χ1) is 13.5. The number of piperidine rings is 1. The van der Waals surface area contributed by atoms with E-state index in [1.807, 2.05) is 6.92 Å². The van der Waals surface area contributed by atoms with Gasteiger partial charge in [0.2, 0.25) is 0 Å². The molecular formula is C21H34FIN4O2. The van der Waals surface area contributed by atoms with Gasteiger partial charge in [-0.1, -0.05) is 12.2 Å². The number of rotatable bonds is 9. The number of likely N-dealkylation sites (tertiary alicyclic amines) is 1. The van der Waals surface area contributed by atoms with Gasteiger partial charge in [-0.05, 0) is 51.0 Å². The number of aliphatic imine (C=N–C) groups is 1. The monoisotopic (exact) mass is 520 g/mol. The summed E-state index contributed by atoms with van der Waals surface area (Å²) in [5.74, 6) is 0.919. The van der Waals surface area contributed by atoms with E-state index in [4.69, 9.17) is 4.74 Å². The molecule has 29 heavy (non-hydrogen) atoms. The zero-order chi connectivity index (χ0) is 20.4. The summed E-state index contributed by atoms with van der Waals surface area (Å²) in [6.45, 7) is 12.2. The van der Waals surface area contributed by atoms with Crippen molar-refractivity contribution in [2.45, 2.75) is 38.8 Å². The molecule has 1 unspecified atom stereocenters. The van der Waals surface area contributed by atoms with Crippen molar-refractivity contribution in [3.8, 4) is 5.75 Å². The van der Waals surface area contributed by atoms with Gasteiger partial charge in [0.1, 0.15) is 24.3 Å².